The van der Waals surface area contributed by atoms with Gasteiger partial charge in [-0.1, -0.05) is 0 Å². The van der Waals surface area contributed by atoms with Gasteiger partial charge in [-0.3, -0.25) is 14.5 Å². The SMILES string of the molecule is C[C@@H](O)[C@H]1C(=O)N2C(C(=O)[O-])=C(CC3CCOC3=O)S[C@H]12.[Na+]. The number of esters is 1. The molecule has 1 N–H and O–H groups in total. The van der Waals surface area contributed by atoms with Gasteiger partial charge in [0.25, 0.3) is 0 Å². The van der Waals surface area contributed by atoms with Crippen molar-refractivity contribution in [1.29, 1.82) is 0 Å². The van der Waals surface area contributed by atoms with Crippen molar-refractivity contribution in [3.05, 3.63) is 10.6 Å². The smallest absolute Gasteiger partial charge is 0.543 e. The number of thioether (sulfide) groups is 1. The maximum atomic E-state index is 12.0. The number of hydrogen-bond acceptors (Lipinski definition) is 7. The Bertz CT molecular complexity index is 563. The Hall–Kier alpha value is -0.540. The van der Waals surface area contributed by atoms with Crippen LogP contribution in [-0.4, -0.2) is 45.9 Å². The third kappa shape index (κ3) is 2.71. The molecule has 1 amide bonds. The summed E-state index contributed by atoms with van der Waals surface area (Å²) >= 11 is 1.22. The van der Waals surface area contributed by atoms with E-state index < -0.39 is 29.3 Å². The maximum Gasteiger partial charge on any atom is 1.00 e. The van der Waals surface area contributed by atoms with Gasteiger partial charge in [0.1, 0.15) is 5.37 Å². The van der Waals surface area contributed by atoms with Crippen LogP contribution in [0.3, 0.4) is 0 Å². The number of aliphatic carboxylic acids is 1. The molecule has 9 heteroatoms. The summed E-state index contributed by atoms with van der Waals surface area (Å²) < 4.78 is 4.87. The van der Waals surface area contributed by atoms with Crippen LogP contribution in [0.1, 0.15) is 19.8 Å². The fourth-order valence-electron chi connectivity index (χ4n) is 2.93. The zero-order valence-corrected chi connectivity index (χ0v) is 15.1. The first-order chi connectivity index (χ1) is 9.91. The number of carbonyl (C=O) groups is 3. The summed E-state index contributed by atoms with van der Waals surface area (Å²) in [6, 6.07) is 0. The Morgan fingerprint density at radius 2 is 2.23 bits per heavy atom. The number of fused-ring (bicyclic) bond motifs is 1. The molecule has 114 valence electrons. The molecule has 0 aliphatic carbocycles. The van der Waals surface area contributed by atoms with Crippen LogP contribution in [0.5, 0.6) is 0 Å². The fraction of sp³-hybridized carbons (Fsp3) is 0.615. The molecule has 2 saturated heterocycles. The first-order valence-corrected chi connectivity index (χ1v) is 7.58. The first kappa shape index (κ1) is 17.8. The predicted molar refractivity (Wildman–Crippen MR) is 69.1 cm³/mol. The van der Waals surface area contributed by atoms with Crippen molar-refractivity contribution >= 4 is 29.6 Å². The molecule has 0 spiro atoms. The molecule has 0 aromatic rings. The van der Waals surface area contributed by atoms with Gasteiger partial charge in [0.05, 0.1) is 36.2 Å². The number of ether oxygens (including phenoxy) is 1. The Morgan fingerprint density at radius 1 is 1.55 bits per heavy atom. The second kappa shape index (κ2) is 6.52. The largest absolute Gasteiger partial charge is 1.00 e. The van der Waals surface area contributed by atoms with Crippen LogP contribution >= 0.6 is 11.8 Å². The van der Waals surface area contributed by atoms with Crippen molar-refractivity contribution in [2.45, 2.75) is 31.2 Å². The van der Waals surface area contributed by atoms with E-state index >= 15 is 0 Å². The standard InChI is InChI=1S/C13H15NO6S.Na/c1-5(15)8-10(16)14-9(12(17)18)7(21-11(8)14)4-6-2-3-20-13(6)19;/h5-6,8,11,15H,2-4H2,1H3,(H,17,18);/q;+1/p-1/t5-,6?,8+,11-;/m1./s1. The second-order valence-corrected chi connectivity index (χ2v) is 6.61. The van der Waals surface area contributed by atoms with Gasteiger partial charge in [-0.25, -0.2) is 0 Å². The van der Waals surface area contributed by atoms with Crippen LogP contribution in [0.25, 0.3) is 0 Å². The molecule has 0 bridgehead atoms. The van der Waals surface area contributed by atoms with Crippen molar-refractivity contribution in [3.8, 4) is 0 Å². The number of nitrogens with zero attached hydrogens (tertiary/aromatic N) is 1. The number of hydrogen-bond donors (Lipinski definition) is 1. The summed E-state index contributed by atoms with van der Waals surface area (Å²) in [4.78, 5) is 36.4. The van der Waals surface area contributed by atoms with E-state index in [-0.39, 0.29) is 53.6 Å². The summed E-state index contributed by atoms with van der Waals surface area (Å²) in [6.07, 6.45) is -0.0635. The van der Waals surface area contributed by atoms with Crippen molar-refractivity contribution in [2.75, 3.05) is 6.61 Å². The average Bonchev–Trinajstić information content (AvgIpc) is 2.92. The van der Waals surface area contributed by atoms with Crippen LogP contribution in [-0.2, 0) is 19.1 Å². The van der Waals surface area contributed by atoms with Crippen LogP contribution in [0, 0.1) is 11.8 Å². The number of aliphatic hydroxyl groups excluding tert-OH is 1. The summed E-state index contributed by atoms with van der Waals surface area (Å²) in [5.74, 6) is -3.17. The molecule has 3 aliphatic heterocycles. The Labute approximate surface area is 153 Å². The molecule has 3 heterocycles. The zero-order valence-electron chi connectivity index (χ0n) is 12.3. The molecule has 0 aromatic carbocycles. The fourth-order valence-corrected chi connectivity index (χ4v) is 4.62. The number of rotatable bonds is 4. The van der Waals surface area contributed by atoms with Crippen LogP contribution in [0.15, 0.2) is 10.6 Å². The van der Waals surface area contributed by atoms with Gasteiger partial charge in [-0.05, 0) is 19.8 Å². The monoisotopic (exact) mass is 335 g/mol. The molecule has 3 aliphatic rings. The maximum absolute atomic E-state index is 12.0. The van der Waals surface area contributed by atoms with E-state index in [0.717, 1.165) is 4.90 Å². The molecule has 4 atom stereocenters. The zero-order chi connectivity index (χ0) is 15.3. The summed E-state index contributed by atoms with van der Waals surface area (Å²) in [5.41, 5.74) is -0.161. The molecule has 2 fully saturated rings. The molecule has 0 saturated carbocycles. The number of aliphatic hydroxyl groups is 1. The summed E-state index contributed by atoms with van der Waals surface area (Å²) in [7, 11) is 0. The third-order valence-electron chi connectivity index (χ3n) is 4.04. The molecule has 0 radical (unpaired) electrons. The van der Waals surface area contributed by atoms with Gasteiger partial charge in [0.2, 0.25) is 5.91 Å². The predicted octanol–water partition coefficient (Wildman–Crippen LogP) is -4.18. The van der Waals surface area contributed by atoms with E-state index in [9.17, 15) is 24.6 Å². The second-order valence-electron chi connectivity index (χ2n) is 5.40. The minimum absolute atomic E-state index is 0. The number of carbonyl (C=O) groups excluding carboxylic acids is 3. The Kier molecular flexibility index (Phi) is 5.28. The Morgan fingerprint density at radius 3 is 2.73 bits per heavy atom. The van der Waals surface area contributed by atoms with Gasteiger partial charge in [0.15, 0.2) is 0 Å². The van der Waals surface area contributed by atoms with Crippen molar-refractivity contribution in [1.82, 2.24) is 4.90 Å². The normalized spacial score (nSPS) is 31.4. The van der Waals surface area contributed by atoms with Gasteiger partial charge < -0.3 is 19.7 Å². The molecule has 1 unspecified atom stereocenters. The van der Waals surface area contributed by atoms with Crippen LogP contribution in [0.2, 0.25) is 0 Å². The van der Waals surface area contributed by atoms with E-state index in [2.05, 4.69) is 0 Å². The van der Waals surface area contributed by atoms with E-state index in [4.69, 9.17) is 4.74 Å². The summed E-state index contributed by atoms with van der Waals surface area (Å²) in [6.45, 7) is 1.84. The van der Waals surface area contributed by atoms with Crippen molar-refractivity contribution in [3.63, 3.8) is 0 Å². The first-order valence-electron chi connectivity index (χ1n) is 6.70. The van der Waals surface area contributed by atoms with Gasteiger partial charge in [0, 0.05) is 4.91 Å². The van der Waals surface area contributed by atoms with Gasteiger partial charge in [-0.2, -0.15) is 0 Å². The summed E-state index contributed by atoms with van der Waals surface area (Å²) in [5, 5.41) is 20.5. The van der Waals surface area contributed by atoms with Gasteiger partial charge in [-0.15, -0.1) is 11.8 Å². The minimum atomic E-state index is -1.43. The number of carboxylic acid groups (broad SMARTS) is 1. The van der Waals surface area contributed by atoms with E-state index in [1.54, 1.807) is 0 Å². The molecular formula is C13H14NNaO6S. The number of amides is 1. The van der Waals surface area contributed by atoms with E-state index in [0.29, 0.717) is 17.9 Å². The Balaban J connectivity index is 0.00000176. The number of β-lactam (4-membered cyclic amide) rings is 1. The third-order valence-corrected chi connectivity index (χ3v) is 5.43. The molecule has 7 nitrogen and oxygen atoms in total. The van der Waals surface area contributed by atoms with Crippen LogP contribution in [0.4, 0.5) is 0 Å². The van der Waals surface area contributed by atoms with Crippen molar-refractivity contribution in [2.24, 2.45) is 11.8 Å². The molecule has 22 heavy (non-hydrogen) atoms. The van der Waals surface area contributed by atoms with E-state index in [1.807, 2.05) is 0 Å². The minimum Gasteiger partial charge on any atom is -0.543 e. The van der Waals surface area contributed by atoms with E-state index in [1.165, 1.54) is 18.7 Å². The van der Waals surface area contributed by atoms with Crippen molar-refractivity contribution < 1.29 is 58.9 Å². The quantitative estimate of drug-likeness (QED) is 0.315. The molecular weight excluding hydrogens is 321 g/mol. The number of allylic oxidation sites excluding steroid dienone is 1. The topological polar surface area (TPSA) is 107 Å². The van der Waals surface area contributed by atoms with Crippen LogP contribution < -0.4 is 34.7 Å². The molecule has 0 aromatic heterocycles. The molecule has 3 rings (SSSR count). The number of carboxylic acids is 1. The number of cyclic esters (lactones) is 1. The average molecular weight is 335 g/mol. The van der Waals surface area contributed by atoms with Gasteiger partial charge >= 0.3 is 35.5 Å².